The normalized spacial score (nSPS) is 14.1. The second kappa shape index (κ2) is 8.77. The van der Waals surface area contributed by atoms with Crippen LogP contribution in [0, 0.1) is 0 Å². The zero-order valence-electron chi connectivity index (χ0n) is 8.94. The molecule has 0 heterocycles. The second-order valence-electron chi connectivity index (χ2n) is 3.34. The molecule has 1 unspecified atom stereocenters. The van der Waals surface area contributed by atoms with E-state index in [1.54, 1.807) is 0 Å². The first kappa shape index (κ1) is 15.7. The lowest BCUT2D eigenvalue weighted by Crippen LogP contribution is -2.28. The van der Waals surface area contributed by atoms with E-state index >= 15 is 0 Å². The molecule has 5 nitrogen and oxygen atoms in total. The molecule has 0 aliphatic carbocycles. The third-order valence-corrected chi connectivity index (χ3v) is 1.59. The van der Waals surface area contributed by atoms with Crippen molar-refractivity contribution >= 4 is 0 Å². The van der Waals surface area contributed by atoms with Crippen LogP contribution in [0.1, 0.15) is 12.8 Å². The Bertz CT molecular complexity index is 162. The molecule has 0 aromatic heterocycles. The number of hydrogen-bond acceptors (Lipinski definition) is 5. The zero-order chi connectivity index (χ0) is 12.4. The Labute approximate surface area is 92.6 Å². The molecular weight excluding hydrogens is 226 g/mol. The van der Waals surface area contributed by atoms with Gasteiger partial charge in [0.2, 0.25) is 0 Å². The van der Waals surface area contributed by atoms with Crippen LogP contribution in [0.2, 0.25) is 0 Å². The molecule has 0 saturated heterocycles. The Morgan fingerprint density at radius 1 is 1.12 bits per heavy atom. The summed E-state index contributed by atoms with van der Waals surface area (Å²) in [5, 5.41) is 25.6. The van der Waals surface area contributed by atoms with Gasteiger partial charge < -0.3 is 24.8 Å². The van der Waals surface area contributed by atoms with Crippen LogP contribution in [0.25, 0.3) is 0 Å². The average Bonchev–Trinajstić information content (AvgIpc) is 2.15. The fourth-order valence-corrected chi connectivity index (χ4v) is 0.901. The molecule has 1 atom stereocenters. The van der Waals surface area contributed by atoms with Gasteiger partial charge in [0.1, 0.15) is 12.7 Å². The highest BCUT2D eigenvalue weighted by Crippen LogP contribution is 2.07. The van der Waals surface area contributed by atoms with Crippen molar-refractivity contribution in [1.82, 2.24) is 0 Å². The third-order valence-electron chi connectivity index (χ3n) is 1.59. The maximum Gasteiger partial charge on any atom is 0.376 e. The van der Waals surface area contributed by atoms with Crippen LogP contribution < -0.4 is 0 Å². The summed E-state index contributed by atoms with van der Waals surface area (Å²) in [4.78, 5) is 0. The summed E-state index contributed by atoms with van der Waals surface area (Å²) in [5.74, 6) is 0. The van der Waals surface area contributed by atoms with Crippen LogP contribution in [0.4, 0.5) is 8.78 Å². The zero-order valence-corrected chi connectivity index (χ0v) is 8.94. The standard InChI is InChI=1S/C9H18F2O5/c10-9(11,14)7-16-6-8(13)5-15-4-2-1-3-12/h8,12-14H,1-7H2. The van der Waals surface area contributed by atoms with Gasteiger partial charge in [-0.05, 0) is 12.8 Å². The van der Waals surface area contributed by atoms with Crippen LogP contribution in [-0.4, -0.2) is 60.6 Å². The lowest BCUT2D eigenvalue weighted by atomic mass is 10.3. The highest BCUT2D eigenvalue weighted by atomic mass is 19.3. The second-order valence-corrected chi connectivity index (χ2v) is 3.34. The summed E-state index contributed by atoms with van der Waals surface area (Å²) in [6, 6.07) is 0. The van der Waals surface area contributed by atoms with E-state index in [0.29, 0.717) is 19.4 Å². The van der Waals surface area contributed by atoms with Crippen molar-refractivity contribution in [3.63, 3.8) is 0 Å². The Kier molecular flexibility index (Phi) is 8.58. The van der Waals surface area contributed by atoms with E-state index in [-0.39, 0.29) is 19.8 Å². The highest BCUT2D eigenvalue weighted by molar-refractivity contribution is 4.53. The van der Waals surface area contributed by atoms with Crippen molar-refractivity contribution in [2.75, 3.05) is 33.0 Å². The molecule has 0 radical (unpaired) electrons. The van der Waals surface area contributed by atoms with Crippen molar-refractivity contribution in [3.8, 4) is 0 Å². The first-order valence-electron chi connectivity index (χ1n) is 5.00. The topological polar surface area (TPSA) is 79.2 Å². The monoisotopic (exact) mass is 244 g/mol. The number of ether oxygens (including phenoxy) is 2. The molecule has 0 spiro atoms. The number of rotatable bonds is 10. The van der Waals surface area contributed by atoms with E-state index in [1.807, 2.05) is 0 Å². The van der Waals surface area contributed by atoms with E-state index in [1.165, 1.54) is 0 Å². The summed E-state index contributed by atoms with van der Waals surface area (Å²) in [6.45, 7) is -1.03. The molecule has 0 bridgehead atoms. The smallest absolute Gasteiger partial charge is 0.376 e. The molecule has 7 heteroatoms. The summed E-state index contributed by atoms with van der Waals surface area (Å²) < 4.78 is 33.1. The van der Waals surface area contributed by atoms with Crippen LogP contribution in [0.3, 0.4) is 0 Å². The van der Waals surface area contributed by atoms with Crippen LogP contribution in [0.15, 0.2) is 0 Å². The number of unbranched alkanes of at least 4 members (excludes halogenated alkanes) is 1. The highest BCUT2D eigenvalue weighted by Gasteiger charge is 2.24. The fourth-order valence-electron chi connectivity index (χ4n) is 0.901. The molecule has 0 rings (SSSR count). The summed E-state index contributed by atoms with van der Waals surface area (Å²) >= 11 is 0. The van der Waals surface area contributed by atoms with Crippen LogP contribution in [0.5, 0.6) is 0 Å². The van der Waals surface area contributed by atoms with Crippen LogP contribution in [-0.2, 0) is 9.47 Å². The van der Waals surface area contributed by atoms with Crippen molar-refractivity contribution in [3.05, 3.63) is 0 Å². The molecule has 0 saturated carbocycles. The Hall–Kier alpha value is -0.340. The number of alkyl halides is 2. The molecule has 0 aromatic carbocycles. The van der Waals surface area contributed by atoms with Gasteiger partial charge >= 0.3 is 6.11 Å². The lowest BCUT2D eigenvalue weighted by Gasteiger charge is -2.13. The molecular formula is C9H18F2O5. The minimum atomic E-state index is -3.87. The van der Waals surface area contributed by atoms with Gasteiger partial charge in [0.05, 0.1) is 13.2 Å². The fraction of sp³-hybridized carbons (Fsp3) is 1.00. The van der Waals surface area contributed by atoms with Gasteiger partial charge in [-0.15, -0.1) is 0 Å². The molecule has 0 aliphatic heterocycles. The largest absolute Gasteiger partial charge is 0.396 e. The van der Waals surface area contributed by atoms with Crippen molar-refractivity contribution in [2.45, 2.75) is 25.1 Å². The van der Waals surface area contributed by atoms with Gasteiger partial charge in [-0.2, -0.15) is 8.78 Å². The Morgan fingerprint density at radius 3 is 2.31 bits per heavy atom. The van der Waals surface area contributed by atoms with E-state index in [4.69, 9.17) is 14.9 Å². The number of halogens is 2. The Balaban J connectivity index is 3.28. The van der Waals surface area contributed by atoms with Crippen molar-refractivity contribution < 1.29 is 33.6 Å². The first-order valence-corrected chi connectivity index (χ1v) is 5.00. The van der Waals surface area contributed by atoms with Gasteiger partial charge in [-0.1, -0.05) is 0 Å². The van der Waals surface area contributed by atoms with Gasteiger partial charge in [0.15, 0.2) is 0 Å². The van der Waals surface area contributed by atoms with Crippen LogP contribution >= 0.6 is 0 Å². The maximum absolute atomic E-state index is 11.9. The molecule has 0 amide bonds. The van der Waals surface area contributed by atoms with Crippen molar-refractivity contribution in [2.24, 2.45) is 0 Å². The molecule has 0 aliphatic rings. The average molecular weight is 244 g/mol. The molecule has 16 heavy (non-hydrogen) atoms. The molecule has 98 valence electrons. The first-order chi connectivity index (χ1) is 7.45. The van der Waals surface area contributed by atoms with E-state index in [9.17, 15) is 13.9 Å². The Morgan fingerprint density at radius 2 is 1.75 bits per heavy atom. The van der Waals surface area contributed by atoms with Gasteiger partial charge in [0.25, 0.3) is 0 Å². The summed E-state index contributed by atoms with van der Waals surface area (Å²) in [7, 11) is 0. The minimum Gasteiger partial charge on any atom is -0.396 e. The molecule has 3 N–H and O–H groups in total. The van der Waals surface area contributed by atoms with Gasteiger partial charge in [-0.25, -0.2) is 0 Å². The van der Waals surface area contributed by atoms with E-state index < -0.39 is 18.8 Å². The number of aliphatic hydroxyl groups excluding tert-OH is 2. The number of aliphatic hydroxyl groups is 3. The quantitative estimate of drug-likeness (QED) is 0.461. The predicted octanol–water partition coefficient (Wildman–Crippen LogP) is -0.262. The van der Waals surface area contributed by atoms with Gasteiger partial charge in [0, 0.05) is 13.2 Å². The lowest BCUT2D eigenvalue weighted by molar-refractivity contribution is -0.235. The van der Waals surface area contributed by atoms with Gasteiger partial charge in [-0.3, -0.25) is 0 Å². The molecule has 0 aromatic rings. The summed E-state index contributed by atoms with van der Waals surface area (Å²) in [6.07, 6.45) is -3.60. The number of hydrogen-bond donors (Lipinski definition) is 3. The van der Waals surface area contributed by atoms with Crippen molar-refractivity contribution in [1.29, 1.82) is 0 Å². The maximum atomic E-state index is 11.9. The van der Waals surface area contributed by atoms with E-state index in [0.717, 1.165) is 0 Å². The predicted molar refractivity (Wildman–Crippen MR) is 51.1 cm³/mol. The van der Waals surface area contributed by atoms with E-state index in [2.05, 4.69) is 4.74 Å². The SMILES string of the molecule is OCCCCOCC(O)COCC(O)(F)F. The summed E-state index contributed by atoms with van der Waals surface area (Å²) in [5.41, 5.74) is 0. The third kappa shape index (κ3) is 11.7. The minimum absolute atomic E-state index is 0.0254. The molecule has 0 fully saturated rings.